The van der Waals surface area contributed by atoms with Gasteiger partial charge in [-0.25, -0.2) is 4.98 Å². The Kier molecular flexibility index (Phi) is 3.73. The molecule has 7 heteroatoms. The second kappa shape index (κ2) is 5.28. The fourth-order valence-corrected chi connectivity index (χ4v) is 1.92. The van der Waals surface area contributed by atoms with E-state index in [-0.39, 0.29) is 25.0 Å². The number of aliphatic hydroxyl groups is 2. The van der Waals surface area contributed by atoms with Gasteiger partial charge in [0, 0.05) is 32.1 Å². The third kappa shape index (κ3) is 2.41. The molecule has 1 aliphatic rings. The number of amidine groups is 1. The van der Waals surface area contributed by atoms with E-state index in [0.717, 1.165) is 5.69 Å². The van der Waals surface area contributed by atoms with Crippen molar-refractivity contribution in [3.05, 3.63) is 17.7 Å². The first kappa shape index (κ1) is 12.7. The van der Waals surface area contributed by atoms with E-state index in [9.17, 15) is 4.79 Å². The summed E-state index contributed by atoms with van der Waals surface area (Å²) in [6, 6.07) is 0. The lowest BCUT2D eigenvalue weighted by atomic mass is 10.1. The maximum Gasteiger partial charge on any atom is 0.299 e. The van der Waals surface area contributed by atoms with Crippen LogP contribution in [0.1, 0.15) is 22.6 Å². The van der Waals surface area contributed by atoms with Gasteiger partial charge in [-0.3, -0.25) is 4.79 Å². The summed E-state index contributed by atoms with van der Waals surface area (Å²) in [5.74, 6) is -0.281. The molecule has 0 bridgehead atoms. The van der Waals surface area contributed by atoms with Crippen LogP contribution in [0.15, 0.2) is 11.3 Å². The van der Waals surface area contributed by atoms with Crippen molar-refractivity contribution < 1.29 is 15.0 Å². The van der Waals surface area contributed by atoms with E-state index in [0.29, 0.717) is 25.1 Å². The van der Waals surface area contributed by atoms with Gasteiger partial charge >= 0.3 is 0 Å². The van der Waals surface area contributed by atoms with Gasteiger partial charge in [0.25, 0.3) is 5.91 Å². The van der Waals surface area contributed by atoms with Crippen LogP contribution in [0.2, 0.25) is 0 Å². The second-order valence-electron chi connectivity index (χ2n) is 4.34. The number of aromatic nitrogens is 2. The molecule has 98 valence electrons. The fourth-order valence-electron chi connectivity index (χ4n) is 1.92. The van der Waals surface area contributed by atoms with Crippen LogP contribution < -0.4 is 5.73 Å². The molecule has 0 atom stereocenters. The zero-order valence-electron chi connectivity index (χ0n) is 9.91. The van der Waals surface area contributed by atoms with Crippen molar-refractivity contribution in [2.24, 2.45) is 16.6 Å². The van der Waals surface area contributed by atoms with Crippen LogP contribution in [0.4, 0.5) is 0 Å². The number of hydrogen-bond donors (Lipinski definition) is 3. The standard InChI is InChI=1S/C11H16N4O3/c12-9-3-8-10(11(18)14-9)13-6-15(8)2-1-7(4-16)5-17/h6-7,16-17H,1-5H2,(H2,12,14,18). The smallest absolute Gasteiger partial charge is 0.299 e. The van der Waals surface area contributed by atoms with E-state index in [4.69, 9.17) is 15.9 Å². The molecular weight excluding hydrogens is 236 g/mol. The molecule has 0 saturated heterocycles. The third-order valence-corrected chi connectivity index (χ3v) is 3.04. The Morgan fingerprint density at radius 1 is 1.44 bits per heavy atom. The summed E-state index contributed by atoms with van der Waals surface area (Å²) in [7, 11) is 0. The zero-order valence-corrected chi connectivity index (χ0v) is 9.91. The van der Waals surface area contributed by atoms with Crippen molar-refractivity contribution in [2.45, 2.75) is 19.4 Å². The van der Waals surface area contributed by atoms with Crippen LogP contribution in [-0.4, -0.2) is 44.7 Å². The molecule has 0 saturated carbocycles. The molecule has 18 heavy (non-hydrogen) atoms. The minimum atomic E-state index is -0.409. The number of hydrogen-bond acceptors (Lipinski definition) is 5. The molecule has 0 radical (unpaired) electrons. The maximum atomic E-state index is 11.5. The van der Waals surface area contributed by atoms with Crippen molar-refractivity contribution in [2.75, 3.05) is 13.2 Å². The van der Waals surface area contributed by atoms with Gasteiger partial charge in [0.15, 0.2) is 5.69 Å². The summed E-state index contributed by atoms with van der Waals surface area (Å²) in [5, 5.41) is 18.0. The SMILES string of the molecule is NC1=NC(=O)c2ncn(CCC(CO)CO)c2C1. The van der Waals surface area contributed by atoms with Gasteiger partial charge in [0.2, 0.25) is 0 Å². The molecule has 0 unspecified atom stereocenters. The van der Waals surface area contributed by atoms with Crippen molar-refractivity contribution in [3.63, 3.8) is 0 Å². The summed E-state index contributed by atoms with van der Waals surface area (Å²) in [4.78, 5) is 19.2. The average molecular weight is 252 g/mol. The summed E-state index contributed by atoms with van der Waals surface area (Å²) < 4.78 is 1.83. The molecule has 1 aromatic heterocycles. The van der Waals surface area contributed by atoms with E-state index in [1.165, 1.54) is 0 Å². The van der Waals surface area contributed by atoms with Gasteiger partial charge in [-0.1, -0.05) is 0 Å². The van der Waals surface area contributed by atoms with Crippen LogP contribution in [0.3, 0.4) is 0 Å². The van der Waals surface area contributed by atoms with Crippen molar-refractivity contribution >= 4 is 11.7 Å². The lowest BCUT2D eigenvalue weighted by Crippen LogP contribution is -2.25. The monoisotopic (exact) mass is 252 g/mol. The quantitative estimate of drug-likeness (QED) is 0.617. The first-order valence-electron chi connectivity index (χ1n) is 5.78. The largest absolute Gasteiger partial charge is 0.396 e. The second-order valence-corrected chi connectivity index (χ2v) is 4.34. The van der Waals surface area contributed by atoms with Crippen molar-refractivity contribution in [1.29, 1.82) is 0 Å². The Bertz CT molecular complexity index is 477. The minimum absolute atomic E-state index is 0.0596. The molecule has 0 aromatic carbocycles. The molecule has 2 heterocycles. The Morgan fingerprint density at radius 3 is 2.83 bits per heavy atom. The highest BCUT2D eigenvalue weighted by molar-refractivity contribution is 6.06. The third-order valence-electron chi connectivity index (χ3n) is 3.04. The summed E-state index contributed by atoms with van der Waals surface area (Å²) in [5.41, 5.74) is 6.68. The lowest BCUT2D eigenvalue weighted by Gasteiger charge is -2.14. The Labute approximate surface area is 104 Å². The van der Waals surface area contributed by atoms with Gasteiger partial charge in [-0.2, -0.15) is 4.99 Å². The highest BCUT2D eigenvalue weighted by Crippen LogP contribution is 2.16. The molecule has 1 aliphatic heterocycles. The predicted molar refractivity (Wildman–Crippen MR) is 64.2 cm³/mol. The highest BCUT2D eigenvalue weighted by Gasteiger charge is 2.23. The molecule has 0 fully saturated rings. The summed E-state index contributed by atoms with van der Waals surface area (Å²) >= 11 is 0. The molecule has 1 amide bonds. The summed E-state index contributed by atoms with van der Waals surface area (Å²) in [6.45, 7) is 0.459. The topological polar surface area (TPSA) is 114 Å². The van der Waals surface area contributed by atoms with Crippen LogP contribution >= 0.6 is 0 Å². The van der Waals surface area contributed by atoms with Gasteiger partial charge in [-0.05, 0) is 6.42 Å². The van der Waals surface area contributed by atoms with Crippen molar-refractivity contribution in [3.8, 4) is 0 Å². The van der Waals surface area contributed by atoms with Gasteiger partial charge in [0.1, 0.15) is 5.84 Å². The molecular formula is C11H16N4O3. The first-order chi connectivity index (χ1) is 8.65. The van der Waals surface area contributed by atoms with E-state index in [2.05, 4.69) is 9.98 Å². The van der Waals surface area contributed by atoms with Crippen LogP contribution in [0.5, 0.6) is 0 Å². The highest BCUT2D eigenvalue weighted by atomic mass is 16.3. The lowest BCUT2D eigenvalue weighted by molar-refractivity contribution is 0.0995. The number of nitrogens with zero attached hydrogens (tertiary/aromatic N) is 3. The molecule has 0 spiro atoms. The van der Waals surface area contributed by atoms with Crippen LogP contribution in [-0.2, 0) is 13.0 Å². The van der Waals surface area contributed by atoms with Gasteiger partial charge in [0.05, 0.1) is 12.0 Å². The number of carbonyl (C=O) groups excluding carboxylic acids is 1. The van der Waals surface area contributed by atoms with E-state index >= 15 is 0 Å². The number of amides is 1. The number of nitrogens with two attached hydrogens (primary N) is 1. The van der Waals surface area contributed by atoms with E-state index in [1.807, 2.05) is 4.57 Å². The Balaban J connectivity index is 2.11. The van der Waals surface area contributed by atoms with E-state index in [1.54, 1.807) is 6.33 Å². The maximum absolute atomic E-state index is 11.5. The molecule has 0 aliphatic carbocycles. The number of aryl methyl sites for hydroxylation is 1. The number of imidazole rings is 1. The van der Waals surface area contributed by atoms with Crippen LogP contribution in [0, 0.1) is 5.92 Å². The summed E-state index contributed by atoms with van der Waals surface area (Å²) in [6.07, 6.45) is 2.59. The Hall–Kier alpha value is -1.73. The Morgan fingerprint density at radius 2 is 2.17 bits per heavy atom. The molecule has 4 N–H and O–H groups in total. The molecule has 2 rings (SSSR count). The molecule has 7 nitrogen and oxygen atoms in total. The number of carbonyl (C=O) groups is 1. The number of rotatable bonds is 5. The average Bonchev–Trinajstić information content (AvgIpc) is 2.74. The normalized spacial score (nSPS) is 14.8. The van der Waals surface area contributed by atoms with Crippen LogP contribution in [0.25, 0.3) is 0 Å². The fraction of sp³-hybridized carbons (Fsp3) is 0.545. The number of aliphatic imine (C=N–C) groups is 1. The number of aliphatic hydroxyl groups excluding tert-OH is 2. The van der Waals surface area contributed by atoms with Gasteiger partial charge in [-0.15, -0.1) is 0 Å². The van der Waals surface area contributed by atoms with Crippen molar-refractivity contribution in [1.82, 2.24) is 9.55 Å². The van der Waals surface area contributed by atoms with E-state index < -0.39 is 5.91 Å². The minimum Gasteiger partial charge on any atom is -0.396 e. The molecule has 1 aromatic rings. The zero-order chi connectivity index (χ0) is 13.1. The first-order valence-corrected chi connectivity index (χ1v) is 5.78. The predicted octanol–water partition coefficient (Wildman–Crippen LogP) is -1.07. The number of fused-ring (bicyclic) bond motifs is 1. The van der Waals surface area contributed by atoms with Gasteiger partial charge < -0.3 is 20.5 Å².